The smallest absolute Gasteiger partial charge is 0.308 e. The first-order valence-corrected chi connectivity index (χ1v) is 9.06. The second-order valence-electron chi connectivity index (χ2n) is 5.30. The van der Waals surface area contributed by atoms with Crippen molar-refractivity contribution in [3.05, 3.63) is 51.2 Å². The highest BCUT2D eigenvalue weighted by Gasteiger charge is 2.08. The molecule has 2 amide bonds. The van der Waals surface area contributed by atoms with Crippen molar-refractivity contribution in [1.29, 1.82) is 0 Å². The molecule has 2 rings (SSSR count). The Morgan fingerprint density at radius 2 is 2.08 bits per heavy atom. The van der Waals surface area contributed by atoms with Crippen LogP contribution >= 0.6 is 22.9 Å². The highest BCUT2D eigenvalue weighted by molar-refractivity contribution is 7.07. The summed E-state index contributed by atoms with van der Waals surface area (Å²) in [6.45, 7) is 1.56. The Kier molecular flexibility index (Phi) is 7.55. The minimum Gasteiger partial charge on any atom is -0.455 e. The molecule has 0 aliphatic heterocycles. The lowest BCUT2D eigenvalue weighted by atomic mass is 10.2. The molecule has 1 aromatic carbocycles. The molecular weight excluding hydrogens is 378 g/mol. The van der Waals surface area contributed by atoms with Crippen LogP contribution in [-0.2, 0) is 25.7 Å². The van der Waals surface area contributed by atoms with E-state index < -0.39 is 18.5 Å². The van der Waals surface area contributed by atoms with Crippen LogP contribution in [0.5, 0.6) is 0 Å². The zero-order valence-corrected chi connectivity index (χ0v) is 15.7. The molecule has 0 radical (unpaired) electrons. The number of thiazole rings is 1. The molecule has 0 atom stereocenters. The maximum atomic E-state index is 11.9. The molecule has 0 aliphatic rings. The Balaban J connectivity index is 1.92. The largest absolute Gasteiger partial charge is 0.455 e. The average molecular weight is 396 g/mol. The van der Waals surface area contributed by atoms with E-state index in [0.717, 1.165) is 5.56 Å². The lowest BCUT2D eigenvalue weighted by molar-refractivity contribution is -0.147. The number of aromatic nitrogens is 1. The first kappa shape index (κ1) is 19.9. The SMILES string of the molecule is CC(=O)NCCC(=O)OCC(=O)N=c1sccn1Cc1ccccc1Cl. The van der Waals surface area contributed by atoms with E-state index in [2.05, 4.69) is 10.3 Å². The van der Waals surface area contributed by atoms with Gasteiger partial charge >= 0.3 is 5.97 Å². The summed E-state index contributed by atoms with van der Waals surface area (Å²) in [5.74, 6) is -1.37. The normalized spacial score (nSPS) is 11.2. The summed E-state index contributed by atoms with van der Waals surface area (Å²) in [6, 6.07) is 7.43. The maximum absolute atomic E-state index is 11.9. The fourth-order valence-electron chi connectivity index (χ4n) is 2.01. The minimum absolute atomic E-state index is 0.00162. The number of nitrogens with zero attached hydrogens (tertiary/aromatic N) is 2. The number of ether oxygens (including phenoxy) is 1. The van der Waals surface area contributed by atoms with Crippen LogP contribution in [-0.4, -0.2) is 35.5 Å². The number of carbonyl (C=O) groups excluding carboxylic acids is 3. The van der Waals surface area contributed by atoms with Gasteiger partial charge in [-0.1, -0.05) is 29.8 Å². The lowest BCUT2D eigenvalue weighted by Crippen LogP contribution is -2.25. The molecule has 1 aromatic heterocycles. The Morgan fingerprint density at radius 3 is 2.81 bits per heavy atom. The number of halogens is 1. The molecule has 7 nitrogen and oxygen atoms in total. The fraction of sp³-hybridized carbons (Fsp3) is 0.294. The van der Waals surface area contributed by atoms with Gasteiger partial charge in [-0.3, -0.25) is 14.4 Å². The van der Waals surface area contributed by atoms with Gasteiger partial charge in [-0.05, 0) is 11.6 Å². The van der Waals surface area contributed by atoms with E-state index in [4.69, 9.17) is 16.3 Å². The highest BCUT2D eigenvalue weighted by Crippen LogP contribution is 2.15. The summed E-state index contributed by atoms with van der Waals surface area (Å²) in [6.07, 6.45) is 1.80. The van der Waals surface area contributed by atoms with E-state index in [1.165, 1.54) is 18.3 Å². The number of benzene rings is 1. The van der Waals surface area contributed by atoms with Crippen LogP contribution in [0.1, 0.15) is 18.9 Å². The van der Waals surface area contributed by atoms with E-state index in [0.29, 0.717) is 16.4 Å². The quantitative estimate of drug-likeness (QED) is 0.723. The summed E-state index contributed by atoms with van der Waals surface area (Å²) < 4.78 is 6.65. The van der Waals surface area contributed by atoms with Crippen LogP contribution in [0.2, 0.25) is 5.02 Å². The third kappa shape index (κ3) is 6.45. The van der Waals surface area contributed by atoms with Crippen molar-refractivity contribution in [3.63, 3.8) is 0 Å². The van der Waals surface area contributed by atoms with Crippen molar-refractivity contribution in [1.82, 2.24) is 9.88 Å². The third-order valence-electron chi connectivity index (χ3n) is 3.24. The highest BCUT2D eigenvalue weighted by atomic mass is 35.5. The van der Waals surface area contributed by atoms with Crippen molar-refractivity contribution in [2.75, 3.05) is 13.2 Å². The van der Waals surface area contributed by atoms with Gasteiger partial charge in [0.15, 0.2) is 11.4 Å². The molecule has 0 aliphatic carbocycles. The molecule has 0 saturated carbocycles. The molecule has 0 bridgehead atoms. The van der Waals surface area contributed by atoms with E-state index in [9.17, 15) is 14.4 Å². The Morgan fingerprint density at radius 1 is 1.31 bits per heavy atom. The van der Waals surface area contributed by atoms with Gasteiger partial charge in [0, 0.05) is 30.1 Å². The molecule has 0 fully saturated rings. The number of carbonyl (C=O) groups is 3. The number of esters is 1. The molecule has 26 heavy (non-hydrogen) atoms. The van der Waals surface area contributed by atoms with Crippen LogP contribution in [0.4, 0.5) is 0 Å². The van der Waals surface area contributed by atoms with Gasteiger partial charge in [-0.15, -0.1) is 11.3 Å². The molecule has 0 saturated heterocycles. The standard InChI is InChI=1S/C17H18ClN3O4S/c1-12(22)19-7-6-16(24)25-11-15(23)20-17-21(8-9-26-17)10-13-4-2-3-5-14(13)18/h2-5,8-9H,6-7,10-11H2,1H3,(H,19,22). The minimum atomic E-state index is -0.572. The summed E-state index contributed by atoms with van der Waals surface area (Å²) in [4.78, 5) is 38.6. The topological polar surface area (TPSA) is 89.8 Å². The summed E-state index contributed by atoms with van der Waals surface area (Å²) in [7, 11) is 0. The zero-order valence-electron chi connectivity index (χ0n) is 14.1. The number of hydrogen-bond acceptors (Lipinski definition) is 5. The summed E-state index contributed by atoms with van der Waals surface area (Å²) >= 11 is 7.45. The Hall–Kier alpha value is -2.45. The number of amides is 2. The number of nitrogens with one attached hydrogen (secondary N) is 1. The lowest BCUT2D eigenvalue weighted by Gasteiger charge is -2.05. The van der Waals surface area contributed by atoms with Crippen molar-refractivity contribution >= 4 is 40.7 Å². The van der Waals surface area contributed by atoms with Crippen molar-refractivity contribution in [2.45, 2.75) is 19.9 Å². The molecular formula is C17H18ClN3O4S. The second-order valence-corrected chi connectivity index (χ2v) is 6.58. The van der Waals surface area contributed by atoms with Gasteiger partial charge < -0.3 is 14.6 Å². The predicted octanol–water partition coefficient (Wildman–Crippen LogP) is 1.75. The van der Waals surface area contributed by atoms with E-state index >= 15 is 0 Å². The van der Waals surface area contributed by atoms with Gasteiger partial charge in [0.2, 0.25) is 5.91 Å². The summed E-state index contributed by atoms with van der Waals surface area (Å²) in [5.41, 5.74) is 0.908. The number of hydrogen-bond donors (Lipinski definition) is 1. The molecule has 2 aromatic rings. The van der Waals surface area contributed by atoms with Crippen molar-refractivity contribution < 1.29 is 19.1 Å². The Labute approximate surface area is 159 Å². The average Bonchev–Trinajstić information content (AvgIpc) is 3.01. The maximum Gasteiger partial charge on any atom is 0.308 e. The van der Waals surface area contributed by atoms with Crippen LogP contribution in [0.15, 0.2) is 40.8 Å². The molecule has 1 N–H and O–H groups in total. The zero-order chi connectivity index (χ0) is 18.9. The van der Waals surface area contributed by atoms with Gasteiger partial charge in [-0.25, -0.2) is 0 Å². The van der Waals surface area contributed by atoms with E-state index in [1.807, 2.05) is 23.6 Å². The van der Waals surface area contributed by atoms with Crippen LogP contribution in [0.25, 0.3) is 0 Å². The van der Waals surface area contributed by atoms with Gasteiger partial charge in [0.25, 0.3) is 5.91 Å². The van der Waals surface area contributed by atoms with Gasteiger partial charge in [-0.2, -0.15) is 4.99 Å². The van der Waals surface area contributed by atoms with Crippen molar-refractivity contribution in [3.8, 4) is 0 Å². The van der Waals surface area contributed by atoms with Crippen LogP contribution in [0.3, 0.4) is 0 Å². The first-order chi connectivity index (χ1) is 12.5. The predicted molar refractivity (Wildman–Crippen MR) is 97.7 cm³/mol. The molecule has 138 valence electrons. The van der Waals surface area contributed by atoms with Crippen LogP contribution < -0.4 is 10.1 Å². The summed E-state index contributed by atoms with van der Waals surface area (Å²) in [5, 5.41) is 4.92. The second kappa shape index (κ2) is 9.88. The fourth-order valence-corrected chi connectivity index (χ4v) is 2.95. The first-order valence-electron chi connectivity index (χ1n) is 7.80. The third-order valence-corrected chi connectivity index (χ3v) is 4.40. The monoisotopic (exact) mass is 395 g/mol. The molecule has 9 heteroatoms. The van der Waals surface area contributed by atoms with Crippen molar-refractivity contribution in [2.24, 2.45) is 4.99 Å². The molecule has 0 spiro atoms. The van der Waals surface area contributed by atoms with Gasteiger partial charge in [0.1, 0.15) is 0 Å². The van der Waals surface area contributed by atoms with Crippen LogP contribution in [0, 0.1) is 0 Å². The molecule has 0 unspecified atom stereocenters. The van der Waals surface area contributed by atoms with E-state index in [-0.39, 0.29) is 18.9 Å². The number of rotatable bonds is 7. The Bertz CT molecular complexity index is 859. The van der Waals surface area contributed by atoms with Gasteiger partial charge in [0.05, 0.1) is 13.0 Å². The van der Waals surface area contributed by atoms with E-state index in [1.54, 1.807) is 16.8 Å². The molecule has 1 heterocycles.